The molecule has 11 nitrogen and oxygen atoms in total. The molecule has 3 aromatic heterocycles. The zero-order valence-corrected chi connectivity index (χ0v) is 31.0. The number of carbonyl (C=O) groups excluding carboxylic acids is 3. The first kappa shape index (κ1) is 35.3. The molecule has 3 aliphatic rings. The number of ether oxygens (including phenoxy) is 1. The molecule has 2 aliphatic heterocycles. The lowest BCUT2D eigenvalue weighted by Crippen LogP contribution is -2.46. The van der Waals surface area contributed by atoms with Gasteiger partial charge in [-0.3, -0.25) is 19.8 Å². The molecule has 4 aromatic rings. The van der Waals surface area contributed by atoms with Crippen LogP contribution >= 0.6 is 15.9 Å². The van der Waals surface area contributed by atoms with Crippen molar-refractivity contribution in [1.29, 1.82) is 5.41 Å². The Bertz CT molecular complexity index is 2120. The Balaban J connectivity index is 1.27. The highest BCUT2D eigenvalue weighted by Crippen LogP contribution is 2.60. The molecule has 3 atom stereocenters. The number of aromatic nitrogens is 4. The number of Topliss-reactive ketones (excluding diaryl/α,β-unsaturated/α-hetero) is 2. The number of nitrogens with one attached hydrogen (secondary N) is 2. The number of amides is 1. The predicted molar refractivity (Wildman–Crippen MR) is 201 cm³/mol. The monoisotopic (exact) mass is 761 g/mol. The van der Waals surface area contributed by atoms with E-state index in [2.05, 4.69) is 48.4 Å². The molecule has 1 aromatic carbocycles. The van der Waals surface area contributed by atoms with Crippen molar-refractivity contribution in [3.05, 3.63) is 106 Å². The molecule has 52 heavy (non-hydrogen) atoms. The number of fused-ring (bicyclic) bond motifs is 3. The number of allylic oxidation sites excluding steroid dienone is 2. The fourth-order valence-corrected chi connectivity index (χ4v) is 7.71. The van der Waals surface area contributed by atoms with Crippen LogP contribution in [0.15, 0.2) is 71.6 Å². The van der Waals surface area contributed by atoms with E-state index in [-0.39, 0.29) is 41.8 Å². The Morgan fingerprint density at radius 3 is 2.65 bits per heavy atom. The van der Waals surface area contributed by atoms with Crippen LogP contribution in [-0.4, -0.2) is 73.3 Å². The Hall–Kier alpha value is -5.10. The van der Waals surface area contributed by atoms with Gasteiger partial charge in [-0.25, -0.2) is 19.9 Å². The van der Waals surface area contributed by atoms with Crippen LogP contribution in [0.4, 0.5) is 5.69 Å². The highest BCUT2D eigenvalue weighted by atomic mass is 79.9. The van der Waals surface area contributed by atoms with Crippen molar-refractivity contribution in [2.75, 3.05) is 18.5 Å². The maximum atomic E-state index is 14.4. The van der Waals surface area contributed by atoms with Gasteiger partial charge in [-0.1, -0.05) is 24.3 Å². The average molecular weight is 763 g/mol. The first-order valence-corrected chi connectivity index (χ1v) is 18.3. The number of anilines is 1. The van der Waals surface area contributed by atoms with Gasteiger partial charge in [0.1, 0.15) is 16.1 Å². The Kier molecular flexibility index (Phi) is 9.84. The third-order valence-corrected chi connectivity index (χ3v) is 10.8. The Labute approximate surface area is 311 Å². The molecule has 0 spiro atoms. The minimum Gasteiger partial charge on any atom is -0.477 e. The third-order valence-electron chi connectivity index (χ3n) is 10.3. The Morgan fingerprint density at radius 1 is 1.06 bits per heavy atom. The molecule has 2 fully saturated rings. The summed E-state index contributed by atoms with van der Waals surface area (Å²) >= 11 is 3.43. The molecule has 0 radical (unpaired) electrons. The van der Waals surface area contributed by atoms with Crippen LogP contribution in [0, 0.1) is 24.7 Å². The van der Waals surface area contributed by atoms with Crippen LogP contribution in [0.25, 0.3) is 11.1 Å². The lowest BCUT2D eigenvalue weighted by molar-refractivity contribution is -0.137. The molecule has 1 amide bonds. The zero-order valence-electron chi connectivity index (χ0n) is 29.4. The number of ketones is 2. The standard InChI is InChI=1S/C40H40BrN7O4/c1-23-12-13-35(41)47-31(23)16-33(50)32-17-40-18-34(40)48(32)37(51)21-45-39-26(8-5-4-6-9-29-10-7-11-36(46-29)52-22-40)14-27(15-30(39)38(42)24(2)49)28-19-43-25(3)44-20-28/h4,6-7,10-15,19-20,32,34,42,45H,5,8-9,16-18,21-22H2,1-3H3/t32-,34+,40-/m0/s1. The van der Waals surface area contributed by atoms with Crippen LogP contribution in [-0.2, 0) is 33.6 Å². The first-order chi connectivity index (χ1) is 25.0. The summed E-state index contributed by atoms with van der Waals surface area (Å²) in [7, 11) is 0. The summed E-state index contributed by atoms with van der Waals surface area (Å²) in [5.74, 6) is 0.457. The number of carbonyl (C=O) groups is 3. The molecule has 1 aliphatic carbocycles. The summed E-state index contributed by atoms with van der Waals surface area (Å²) in [5.41, 5.74) is 5.22. The largest absolute Gasteiger partial charge is 0.477 e. The quantitative estimate of drug-likeness (QED) is 0.137. The minimum atomic E-state index is -0.652. The second-order valence-corrected chi connectivity index (χ2v) is 14.8. The number of rotatable bonds is 6. The van der Waals surface area contributed by atoms with Gasteiger partial charge in [-0.2, -0.15) is 0 Å². The molecule has 2 N–H and O–H groups in total. The molecule has 4 bridgehead atoms. The molecule has 12 heteroatoms. The number of benzene rings is 1. The van der Waals surface area contributed by atoms with E-state index >= 15 is 0 Å². The van der Waals surface area contributed by atoms with E-state index in [1.165, 1.54) is 6.92 Å². The van der Waals surface area contributed by atoms with Gasteiger partial charge in [0.15, 0.2) is 11.6 Å². The van der Waals surface area contributed by atoms with Crippen LogP contribution < -0.4 is 10.1 Å². The highest BCUT2D eigenvalue weighted by molar-refractivity contribution is 9.10. The number of nitrogens with zero attached hydrogens (tertiary/aromatic N) is 5. The van der Waals surface area contributed by atoms with Gasteiger partial charge >= 0.3 is 0 Å². The lowest BCUT2D eigenvalue weighted by atomic mass is 9.93. The van der Waals surface area contributed by atoms with Crippen molar-refractivity contribution in [2.24, 2.45) is 5.41 Å². The maximum absolute atomic E-state index is 14.4. The first-order valence-electron chi connectivity index (χ1n) is 17.5. The van der Waals surface area contributed by atoms with E-state index < -0.39 is 11.8 Å². The molecule has 1 saturated heterocycles. The zero-order chi connectivity index (χ0) is 36.6. The van der Waals surface area contributed by atoms with Crippen LogP contribution in [0.5, 0.6) is 5.88 Å². The number of piperidine rings is 1. The van der Waals surface area contributed by atoms with Crippen molar-refractivity contribution in [1.82, 2.24) is 24.8 Å². The number of hydrogen-bond donors (Lipinski definition) is 2. The summed E-state index contributed by atoms with van der Waals surface area (Å²) in [5, 5.41) is 12.2. The van der Waals surface area contributed by atoms with E-state index in [1.54, 1.807) is 23.4 Å². The van der Waals surface area contributed by atoms with Gasteiger partial charge < -0.3 is 15.0 Å². The van der Waals surface area contributed by atoms with Gasteiger partial charge in [0, 0.05) is 65.8 Å². The smallest absolute Gasteiger partial charge is 0.242 e. The van der Waals surface area contributed by atoms with Gasteiger partial charge in [0.25, 0.3) is 0 Å². The summed E-state index contributed by atoms with van der Waals surface area (Å²) in [6, 6.07) is 12.5. The van der Waals surface area contributed by atoms with Crippen molar-refractivity contribution >= 4 is 44.8 Å². The van der Waals surface area contributed by atoms with Gasteiger partial charge in [0.05, 0.1) is 31.3 Å². The van der Waals surface area contributed by atoms with Crippen molar-refractivity contribution < 1.29 is 19.1 Å². The van der Waals surface area contributed by atoms with Gasteiger partial charge in [-0.05, 0) is 96.4 Å². The van der Waals surface area contributed by atoms with E-state index in [0.29, 0.717) is 65.5 Å². The second kappa shape index (κ2) is 14.5. The fraction of sp³-hybridized carbons (Fsp3) is 0.350. The van der Waals surface area contributed by atoms with Crippen LogP contribution in [0.2, 0.25) is 0 Å². The number of pyridine rings is 2. The summed E-state index contributed by atoms with van der Waals surface area (Å²) < 4.78 is 6.91. The minimum absolute atomic E-state index is 0.0740. The fourth-order valence-electron chi connectivity index (χ4n) is 7.36. The number of halogens is 1. The molecule has 7 rings (SSSR count). The molecule has 0 unspecified atom stereocenters. The average Bonchev–Trinajstić information content (AvgIpc) is 3.73. The molecular weight excluding hydrogens is 722 g/mol. The topological polar surface area (TPSA) is 151 Å². The van der Waals surface area contributed by atoms with E-state index in [9.17, 15) is 14.4 Å². The van der Waals surface area contributed by atoms with Crippen LogP contribution in [0.3, 0.4) is 0 Å². The van der Waals surface area contributed by atoms with Crippen LogP contribution in [0.1, 0.15) is 60.1 Å². The number of aryl methyl sites for hydroxylation is 3. The van der Waals surface area contributed by atoms with E-state index in [0.717, 1.165) is 34.4 Å². The van der Waals surface area contributed by atoms with E-state index in [1.807, 2.05) is 50.2 Å². The van der Waals surface area contributed by atoms with Crippen molar-refractivity contribution in [2.45, 2.75) is 71.4 Å². The van der Waals surface area contributed by atoms with E-state index in [4.69, 9.17) is 15.1 Å². The van der Waals surface area contributed by atoms with Gasteiger partial charge in [-0.15, -0.1) is 0 Å². The Morgan fingerprint density at radius 2 is 1.87 bits per heavy atom. The SMILES string of the molecule is CC(=O)C(=N)c1cc(-c2cnc(C)nc2)cc2c1NCC(=O)N1[C@H](C(=O)Cc3nc(Br)ccc3C)C[C@@]3(COc4cccc(n4)CC=CCC2)C[C@@H]13. The highest BCUT2D eigenvalue weighted by Gasteiger charge is 2.67. The molecule has 1 saturated carbocycles. The summed E-state index contributed by atoms with van der Waals surface area (Å²) in [4.78, 5) is 60.9. The summed E-state index contributed by atoms with van der Waals surface area (Å²) in [6.45, 7) is 5.32. The molecule has 5 heterocycles. The molecule has 266 valence electrons. The van der Waals surface area contributed by atoms with Crippen molar-refractivity contribution in [3.8, 4) is 17.0 Å². The predicted octanol–water partition coefficient (Wildman–Crippen LogP) is 5.98. The number of hydrogen-bond acceptors (Lipinski definition) is 10. The summed E-state index contributed by atoms with van der Waals surface area (Å²) in [6.07, 6.45) is 10.8. The normalized spacial score (nSPS) is 21.2. The van der Waals surface area contributed by atoms with Crippen molar-refractivity contribution in [3.63, 3.8) is 0 Å². The third kappa shape index (κ3) is 7.30. The lowest BCUT2D eigenvalue weighted by Gasteiger charge is -2.28. The maximum Gasteiger partial charge on any atom is 0.242 e. The molecular formula is C40H40BrN7O4. The second-order valence-electron chi connectivity index (χ2n) is 14.0. The van der Waals surface area contributed by atoms with Gasteiger partial charge in [0.2, 0.25) is 11.8 Å².